The van der Waals surface area contributed by atoms with Gasteiger partial charge in [-0.3, -0.25) is 0 Å². The smallest absolute Gasteiger partial charge is 0.144 e. The van der Waals surface area contributed by atoms with Crippen LogP contribution in [-0.2, 0) is 0 Å². The molecule has 4 heteroatoms. The highest BCUT2D eigenvalue weighted by Gasteiger charge is 2.14. The molecule has 0 radical (unpaired) electrons. The Kier molecular flexibility index (Phi) is 4.72. The molecule has 1 saturated heterocycles. The number of hydrogen-bond acceptors (Lipinski definition) is 3. The average molecular weight is 269 g/mol. The van der Waals surface area contributed by atoms with Crippen LogP contribution in [0.1, 0.15) is 26.2 Å². The van der Waals surface area contributed by atoms with Gasteiger partial charge in [0.25, 0.3) is 0 Å². The van der Waals surface area contributed by atoms with Crippen molar-refractivity contribution in [1.29, 1.82) is 0 Å². The third kappa shape index (κ3) is 3.79. The molecule has 0 bridgehead atoms. The summed E-state index contributed by atoms with van der Waals surface area (Å²) in [7, 11) is 0. The van der Waals surface area contributed by atoms with E-state index in [0.29, 0.717) is 16.5 Å². The average Bonchev–Trinajstić information content (AvgIpc) is 2.84. The fourth-order valence-corrected chi connectivity index (χ4v) is 2.42. The lowest BCUT2D eigenvalue weighted by atomic mass is 10.2. The molecule has 1 aliphatic rings. The molecule has 0 aliphatic carbocycles. The molecular formula is C14H21ClN2O. The third-order valence-corrected chi connectivity index (χ3v) is 3.59. The van der Waals surface area contributed by atoms with Crippen molar-refractivity contribution < 1.29 is 4.74 Å². The Morgan fingerprint density at radius 3 is 2.83 bits per heavy atom. The van der Waals surface area contributed by atoms with E-state index in [1.54, 1.807) is 18.2 Å². The summed E-state index contributed by atoms with van der Waals surface area (Å²) in [6.07, 6.45) is 3.84. The molecule has 100 valence electrons. The standard InChI is InChI=1S/C14H21ClN2O/c1-11(6-9-17-7-2-3-8-17)18-14-10-12(15)4-5-13(14)16/h4-5,10-11H,2-3,6-9,16H2,1H3. The maximum absolute atomic E-state index is 5.94. The first kappa shape index (κ1) is 13.5. The van der Waals surface area contributed by atoms with E-state index in [4.69, 9.17) is 22.1 Å². The highest BCUT2D eigenvalue weighted by molar-refractivity contribution is 6.30. The van der Waals surface area contributed by atoms with Crippen molar-refractivity contribution >= 4 is 17.3 Å². The number of nitrogen functional groups attached to an aromatic ring is 1. The summed E-state index contributed by atoms with van der Waals surface area (Å²) in [5.41, 5.74) is 6.51. The number of hydrogen-bond donors (Lipinski definition) is 1. The van der Waals surface area contributed by atoms with Gasteiger partial charge in [0.2, 0.25) is 0 Å². The molecule has 0 spiro atoms. The number of halogens is 1. The maximum atomic E-state index is 5.94. The summed E-state index contributed by atoms with van der Waals surface area (Å²) in [5.74, 6) is 0.691. The molecule has 0 saturated carbocycles. The summed E-state index contributed by atoms with van der Waals surface area (Å²) in [6.45, 7) is 5.64. The van der Waals surface area contributed by atoms with Gasteiger partial charge in [0.05, 0.1) is 11.8 Å². The second-order valence-corrected chi connectivity index (χ2v) is 5.38. The summed E-state index contributed by atoms with van der Waals surface area (Å²) < 4.78 is 5.85. The summed E-state index contributed by atoms with van der Waals surface area (Å²) in [5, 5.41) is 0.658. The molecule has 18 heavy (non-hydrogen) atoms. The minimum Gasteiger partial charge on any atom is -0.488 e. The van der Waals surface area contributed by atoms with Gasteiger partial charge >= 0.3 is 0 Å². The Labute approximate surface area is 114 Å². The van der Waals surface area contributed by atoms with E-state index in [1.807, 2.05) is 0 Å². The molecule has 2 rings (SSSR count). The monoisotopic (exact) mass is 268 g/mol. The van der Waals surface area contributed by atoms with Gasteiger partial charge in [0, 0.05) is 17.6 Å². The van der Waals surface area contributed by atoms with Gasteiger partial charge in [-0.05, 0) is 51.4 Å². The second kappa shape index (κ2) is 6.30. The number of ether oxygens (including phenoxy) is 1. The van der Waals surface area contributed by atoms with E-state index >= 15 is 0 Å². The van der Waals surface area contributed by atoms with Crippen LogP contribution < -0.4 is 10.5 Å². The molecule has 1 unspecified atom stereocenters. The van der Waals surface area contributed by atoms with Gasteiger partial charge in [-0.1, -0.05) is 11.6 Å². The topological polar surface area (TPSA) is 38.5 Å². The molecule has 1 aromatic carbocycles. The van der Waals surface area contributed by atoms with Crippen molar-refractivity contribution in [3.05, 3.63) is 23.2 Å². The Bertz CT molecular complexity index is 391. The van der Waals surface area contributed by atoms with Crippen LogP contribution in [0.3, 0.4) is 0 Å². The van der Waals surface area contributed by atoms with E-state index in [1.165, 1.54) is 25.9 Å². The Morgan fingerprint density at radius 1 is 1.39 bits per heavy atom. The lowest BCUT2D eigenvalue weighted by molar-refractivity contribution is 0.188. The summed E-state index contributed by atoms with van der Waals surface area (Å²) in [6, 6.07) is 5.34. The minimum atomic E-state index is 0.159. The van der Waals surface area contributed by atoms with Gasteiger partial charge in [-0.25, -0.2) is 0 Å². The van der Waals surface area contributed by atoms with Crippen LogP contribution in [0.2, 0.25) is 5.02 Å². The fraction of sp³-hybridized carbons (Fsp3) is 0.571. The summed E-state index contributed by atoms with van der Waals surface area (Å²) >= 11 is 5.94. The zero-order valence-electron chi connectivity index (χ0n) is 10.9. The number of anilines is 1. The van der Waals surface area contributed by atoms with Crippen LogP contribution in [0.25, 0.3) is 0 Å². The van der Waals surface area contributed by atoms with Crippen LogP contribution in [0.15, 0.2) is 18.2 Å². The molecule has 1 atom stereocenters. The van der Waals surface area contributed by atoms with Crippen molar-refractivity contribution in [1.82, 2.24) is 4.90 Å². The lowest BCUT2D eigenvalue weighted by Gasteiger charge is -2.20. The lowest BCUT2D eigenvalue weighted by Crippen LogP contribution is -2.25. The molecule has 0 amide bonds. The van der Waals surface area contributed by atoms with Crippen LogP contribution >= 0.6 is 11.6 Å². The van der Waals surface area contributed by atoms with E-state index in [9.17, 15) is 0 Å². The summed E-state index contributed by atoms with van der Waals surface area (Å²) in [4.78, 5) is 2.49. The second-order valence-electron chi connectivity index (χ2n) is 4.95. The SMILES string of the molecule is CC(CCN1CCCC1)Oc1cc(Cl)ccc1N. The predicted molar refractivity (Wildman–Crippen MR) is 76.2 cm³/mol. The fourth-order valence-electron chi connectivity index (χ4n) is 2.26. The first-order valence-electron chi connectivity index (χ1n) is 6.59. The third-order valence-electron chi connectivity index (χ3n) is 3.35. The van der Waals surface area contributed by atoms with Crippen LogP contribution in [0, 0.1) is 0 Å². The quantitative estimate of drug-likeness (QED) is 0.834. The van der Waals surface area contributed by atoms with Gasteiger partial charge in [-0.2, -0.15) is 0 Å². The number of nitrogens with zero attached hydrogens (tertiary/aromatic N) is 1. The minimum absolute atomic E-state index is 0.159. The van der Waals surface area contributed by atoms with Crippen molar-refractivity contribution in [3.8, 4) is 5.75 Å². The van der Waals surface area contributed by atoms with Gasteiger partial charge in [0.15, 0.2) is 0 Å². The first-order chi connectivity index (χ1) is 8.65. The van der Waals surface area contributed by atoms with Crippen molar-refractivity contribution in [3.63, 3.8) is 0 Å². The molecule has 0 aromatic heterocycles. The number of nitrogens with two attached hydrogens (primary N) is 1. The zero-order valence-corrected chi connectivity index (χ0v) is 11.6. The highest BCUT2D eigenvalue weighted by atomic mass is 35.5. The van der Waals surface area contributed by atoms with Crippen LogP contribution in [0.4, 0.5) is 5.69 Å². The van der Waals surface area contributed by atoms with E-state index in [2.05, 4.69) is 11.8 Å². The Hall–Kier alpha value is -0.930. The highest BCUT2D eigenvalue weighted by Crippen LogP contribution is 2.26. The van der Waals surface area contributed by atoms with Crippen molar-refractivity contribution in [2.75, 3.05) is 25.4 Å². The molecule has 1 heterocycles. The van der Waals surface area contributed by atoms with E-state index in [-0.39, 0.29) is 6.10 Å². The number of benzene rings is 1. The molecular weight excluding hydrogens is 248 g/mol. The molecule has 1 fully saturated rings. The Balaban J connectivity index is 1.82. The van der Waals surface area contributed by atoms with Gasteiger partial charge in [-0.15, -0.1) is 0 Å². The molecule has 3 nitrogen and oxygen atoms in total. The molecule has 1 aliphatic heterocycles. The van der Waals surface area contributed by atoms with Gasteiger partial charge in [0.1, 0.15) is 5.75 Å². The largest absolute Gasteiger partial charge is 0.488 e. The van der Waals surface area contributed by atoms with Crippen LogP contribution in [0.5, 0.6) is 5.75 Å². The van der Waals surface area contributed by atoms with E-state index < -0.39 is 0 Å². The number of likely N-dealkylation sites (tertiary alicyclic amines) is 1. The first-order valence-corrected chi connectivity index (χ1v) is 6.97. The maximum Gasteiger partial charge on any atom is 0.144 e. The number of rotatable bonds is 5. The zero-order chi connectivity index (χ0) is 13.0. The Morgan fingerprint density at radius 2 is 2.11 bits per heavy atom. The molecule has 2 N–H and O–H groups in total. The predicted octanol–water partition coefficient (Wildman–Crippen LogP) is 3.18. The van der Waals surface area contributed by atoms with E-state index in [0.717, 1.165) is 13.0 Å². The van der Waals surface area contributed by atoms with Crippen molar-refractivity contribution in [2.24, 2.45) is 0 Å². The van der Waals surface area contributed by atoms with Crippen molar-refractivity contribution in [2.45, 2.75) is 32.3 Å². The van der Waals surface area contributed by atoms with Gasteiger partial charge < -0.3 is 15.4 Å². The molecule has 1 aromatic rings. The normalized spacial score (nSPS) is 17.9. The van der Waals surface area contributed by atoms with Crippen LogP contribution in [-0.4, -0.2) is 30.6 Å².